The number of anilines is 1. The zero-order valence-electron chi connectivity index (χ0n) is 13.8. The predicted octanol–water partition coefficient (Wildman–Crippen LogP) is 4.42. The molecular formula is C20H14FNO3S. The van der Waals surface area contributed by atoms with Gasteiger partial charge in [-0.1, -0.05) is 42.5 Å². The molecule has 4 rings (SSSR count). The van der Waals surface area contributed by atoms with E-state index in [9.17, 15) is 9.59 Å². The number of thiophene rings is 1. The first-order valence-electron chi connectivity index (χ1n) is 7.92. The molecule has 0 fully saturated rings. The first-order valence-corrected chi connectivity index (χ1v) is 8.80. The number of benzene rings is 2. The monoisotopic (exact) mass is 367 g/mol. The molecule has 0 saturated heterocycles. The molecule has 1 atom stereocenters. The van der Waals surface area contributed by atoms with Crippen LogP contribution in [-0.4, -0.2) is 18.8 Å². The standard InChI is InChI=1S/C20H14FNO3S/c1-25-14-9-7-13(8-10-14)20(21)17(23)16-15(12-5-3-2-4-6-12)11-26-18(16)22-19(20)24/h2-11H,1H3,(H,22,24). The van der Waals surface area contributed by atoms with Crippen molar-refractivity contribution in [2.24, 2.45) is 0 Å². The highest BCUT2D eigenvalue weighted by molar-refractivity contribution is 7.15. The summed E-state index contributed by atoms with van der Waals surface area (Å²) in [6.45, 7) is 0. The SMILES string of the molecule is COc1ccc(C2(F)C(=O)Nc3scc(-c4ccccc4)c3C2=O)cc1. The maximum absolute atomic E-state index is 15.8. The van der Waals surface area contributed by atoms with Crippen molar-refractivity contribution in [3.63, 3.8) is 0 Å². The number of carbonyl (C=O) groups excluding carboxylic acids is 2. The van der Waals surface area contributed by atoms with Crippen molar-refractivity contribution < 1.29 is 18.7 Å². The molecule has 1 aliphatic rings. The second-order valence-electron chi connectivity index (χ2n) is 5.89. The summed E-state index contributed by atoms with van der Waals surface area (Å²) in [6, 6.07) is 15.1. The molecule has 0 spiro atoms. The molecule has 2 aromatic carbocycles. The van der Waals surface area contributed by atoms with Crippen LogP contribution in [-0.2, 0) is 10.5 Å². The summed E-state index contributed by atoms with van der Waals surface area (Å²) in [5.74, 6) is -1.30. The summed E-state index contributed by atoms with van der Waals surface area (Å²) in [5, 5.41) is 4.69. The van der Waals surface area contributed by atoms with E-state index in [1.54, 1.807) is 5.38 Å². The Bertz CT molecular complexity index is 998. The van der Waals surface area contributed by atoms with Gasteiger partial charge in [0.2, 0.25) is 5.78 Å². The molecule has 4 nitrogen and oxygen atoms in total. The number of ketones is 1. The van der Waals surface area contributed by atoms with Crippen LogP contribution in [0.1, 0.15) is 15.9 Å². The number of hydrogen-bond acceptors (Lipinski definition) is 4. The van der Waals surface area contributed by atoms with Gasteiger partial charge in [0.1, 0.15) is 10.8 Å². The molecule has 0 aliphatic carbocycles. The Labute approximate surface area is 153 Å². The Morgan fingerprint density at radius 3 is 2.38 bits per heavy atom. The number of fused-ring (bicyclic) bond motifs is 1. The maximum atomic E-state index is 15.8. The highest BCUT2D eigenvalue weighted by Crippen LogP contribution is 2.45. The van der Waals surface area contributed by atoms with E-state index in [1.807, 2.05) is 30.3 Å². The summed E-state index contributed by atoms with van der Waals surface area (Å²) in [4.78, 5) is 25.6. The van der Waals surface area contributed by atoms with E-state index in [0.29, 0.717) is 16.3 Å². The molecule has 26 heavy (non-hydrogen) atoms. The van der Waals surface area contributed by atoms with Crippen molar-refractivity contribution >= 4 is 28.0 Å². The molecule has 0 saturated carbocycles. The van der Waals surface area contributed by atoms with E-state index < -0.39 is 17.4 Å². The number of carbonyl (C=O) groups is 2. The Morgan fingerprint density at radius 2 is 1.73 bits per heavy atom. The number of rotatable bonds is 3. The van der Waals surface area contributed by atoms with Crippen LogP contribution in [0.2, 0.25) is 0 Å². The van der Waals surface area contributed by atoms with E-state index in [4.69, 9.17) is 4.74 Å². The number of ether oxygens (including phenoxy) is 1. The van der Waals surface area contributed by atoms with E-state index in [0.717, 1.165) is 5.56 Å². The van der Waals surface area contributed by atoms with Gasteiger partial charge in [-0.15, -0.1) is 11.3 Å². The summed E-state index contributed by atoms with van der Waals surface area (Å²) < 4.78 is 20.8. The van der Waals surface area contributed by atoms with Gasteiger partial charge >= 0.3 is 0 Å². The number of Topliss-reactive ketones (excluding diaryl/α,β-unsaturated/α-hetero) is 1. The number of amides is 1. The fraction of sp³-hybridized carbons (Fsp3) is 0.100. The van der Waals surface area contributed by atoms with Crippen molar-refractivity contribution in [3.05, 3.63) is 71.1 Å². The fourth-order valence-corrected chi connectivity index (χ4v) is 4.01. The van der Waals surface area contributed by atoms with Crippen LogP contribution in [0, 0.1) is 0 Å². The zero-order valence-corrected chi connectivity index (χ0v) is 14.6. The molecule has 0 bridgehead atoms. The van der Waals surface area contributed by atoms with Crippen molar-refractivity contribution in [2.45, 2.75) is 5.67 Å². The third-order valence-corrected chi connectivity index (χ3v) is 5.34. The topological polar surface area (TPSA) is 55.4 Å². The normalized spacial score (nSPS) is 19.0. The summed E-state index contributed by atoms with van der Waals surface area (Å²) in [7, 11) is 1.49. The van der Waals surface area contributed by atoms with E-state index in [1.165, 1.54) is 42.7 Å². The number of hydrogen-bond donors (Lipinski definition) is 1. The summed E-state index contributed by atoms with van der Waals surface area (Å²) in [5.41, 5.74) is -1.17. The number of alkyl halides is 1. The lowest BCUT2D eigenvalue weighted by molar-refractivity contribution is -0.125. The highest BCUT2D eigenvalue weighted by atomic mass is 32.1. The second-order valence-corrected chi connectivity index (χ2v) is 6.77. The van der Waals surface area contributed by atoms with Gasteiger partial charge in [-0.2, -0.15) is 0 Å². The van der Waals surface area contributed by atoms with Gasteiger partial charge in [0.05, 0.1) is 12.7 Å². The molecule has 1 N–H and O–H groups in total. The third-order valence-electron chi connectivity index (χ3n) is 4.44. The molecule has 2 heterocycles. The van der Waals surface area contributed by atoms with Gasteiger partial charge < -0.3 is 10.1 Å². The van der Waals surface area contributed by atoms with Crippen LogP contribution in [0.3, 0.4) is 0 Å². The first kappa shape index (κ1) is 16.5. The lowest BCUT2D eigenvalue weighted by Gasteiger charge is -2.28. The average Bonchev–Trinajstić information content (AvgIpc) is 3.10. The lowest BCUT2D eigenvalue weighted by Crippen LogP contribution is -2.47. The van der Waals surface area contributed by atoms with Gasteiger partial charge in [-0.3, -0.25) is 9.59 Å². The van der Waals surface area contributed by atoms with Crippen LogP contribution >= 0.6 is 11.3 Å². The molecule has 3 aromatic rings. The minimum Gasteiger partial charge on any atom is -0.497 e. The van der Waals surface area contributed by atoms with Crippen LogP contribution < -0.4 is 10.1 Å². The van der Waals surface area contributed by atoms with Crippen LogP contribution in [0.15, 0.2) is 60.0 Å². The van der Waals surface area contributed by atoms with Crippen LogP contribution in [0.25, 0.3) is 11.1 Å². The van der Waals surface area contributed by atoms with Gasteiger partial charge in [0.25, 0.3) is 11.6 Å². The van der Waals surface area contributed by atoms with Crippen molar-refractivity contribution in [2.75, 3.05) is 12.4 Å². The second kappa shape index (κ2) is 6.07. The van der Waals surface area contributed by atoms with Gasteiger partial charge in [0, 0.05) is 16.5 Å². The summed E-state index contributed by atoms with van der Waals surface area (Å²) in [6.07, 6.45) is 0. The Morgan fingerprint density at radius 1 is 1.04 bits per heavy atom. The fourth-order valence-electron chi connectivity index (χ4n) is 3.05. The molecule has 1 amide bonds. The Hall–Kier alpha value is -2.99. The van der Waals surface area contributed by atoms with Crippen molar-refractivity contribution in [1.82, 2.24) is 0 Å². The first-order chi connectivity index (χ1) is 12.6. The molecule has 0 radical (unpaired) electrons. The van der Waals surface area contributed by atoms with E-state index >= 15 is 4.39 Å². The van der Waals surface area contributed by atoms with Crippen LogP contribution in [0.4, 0.5) is 9.39 Å². The molecule has 1 aliphatic heterocycles. The van der Waals surface area contributed by atoms with Gasteiger partial charge in [-0.05, 0) is 17.7 Å². The zero-order chi connectivity index (χ0) is 18.3. The van der Waals surface area contributed by atoms with Crippen molar-refractivity contribution in [3.8, 4) is 16.9 Å². The average molecular weight is 367 g/mol. The largest absolute Gasteiger partial charge is 0.497 e. The predicted molar refractivity (Wildman–Crippen MR) is 98.5 cm³/mol. The quantitative estimate of drug-likeness (QED) is 0.697. The summed E-state index contributed by atoms with van der Waals surface area (Å²) >= 11 is 1.22. The van der Waals surface area contributed by atoms with E-state index in [2.05, 4.69) is 5.32 Å². The minimum absolute atomic E-state index is 0.0170. The lowest BCUT2D eigenvalue weighted by atomic mass is 9.83. The number of methoxy groups -OCH3 is 1. The minimum atomic E-state index is -2.77. The third kappa shape index (κ3) is 2.34. The number of halogens is 1. The van der Waals surface area contributed by atoms with Gasteiger partial charge in [-0.25, -0.2) is 4.39 Å². The van der Waals surface area contributed by atoms with Gasteiger partial charge in [0.15, 0.2) is 0 Å². The molecular weight excluding hydrogens is 353 g/mol. The molecule has 1 aromatic heterocycles. The Balaban J connectivity index is 1.85. The highest BCUT2D eigenvalue weighted by Gasteiger charge is 2.53. The molecule has 6 heteroatoms. The maximum Gasteiger partial charge on any atom is 0.275 e. The van der Waals surface area contributed by atoms with Crippen molar-refractivity contribution in [1.29, 1.82) is 0 Å². The molecule has 130 valence electrons. The molecule has 1 unspecified atom stereocenters. The van der Waals surface area contributed by atoms with E-state index in [-0.39, 0.29) is 11.1 Å². The number of nitrogens with one attached hydrogen (secondary N) is 1. The smallest absolute Gasteiger partial charge is 0.275 e. The van der Waals surface area contributed by atoms with Crippen LogP contribution in [0.5, 0.6) is 5.75 Å². The Kier molecular flexibility index (Phi) is 3.85.